The SMILES string of the molecule is NC(=O)c1ccccc1NC(=O)CN1C(=O)c2ccccc2C1=O. The van der Waals surface area contributed by atoms with Crippen molar-refractivity contribution in [3.63, 3.8) is 0 Å². The molecule has 0 bridgehead atoms. The molecule has 1 heterocycles. The van der Waals surface area contributed by atoms with E-state index in [4.69, 9.17) is 5.73 Å². The van der Waals surface area contributed by atoms with Crippen molar-refractivity contribution in [3.8, 4) is 0 Å². The Morgan fingerprint density at radius 2 is 1.46 bits per heavy atom. The lowest BCUT2D eigenvalue weighted by molar-refractivity contribution is -0.116. The molecule has 2 aromatic carbocycles. The number of carbonyl (C=O) groups is 4. The molecule has 1 aliphatic heterocycles. The Hall–Kier alpha value is -3.48. The van der Waals surface area contributed by atoms with Crippen molar-refractivity contribution in [3.05, 3.63) is 65.2 Å². The number of nitrogens with one attached hydrogen (secondary N) is 1. The average molecular weight is 323 g/mol. The lowest BCUT2D eigenvalue weighted by atomic mass is 10.1. The van der Waals surface area contributed by atoms with Gasteiger partial charge in [0.1, 0.15) is 6.54 Å². The maximum absolute atomic E-state index is 12.2. The quantitative estimate of drug-likeness (QED) is 0.819. The molecular weight excluding hydrogens is 310 g/mol. The van der Waals surface area contributed by atoms with E-state index in [-0.39, 0.29) is 22.4 Å². The fraction of sp³-hybridized carbons (Fsp3) is 0.0588. The van der Waals surface area contributed by atoms with Gasteiger partial charge in [-0.1, -0.05) is 24.3 Å². The average Bonchev–Trinajstić information content (AvgIpc) is 2.80. The Bertz CT molecular complexity index is 841. The van der Waals surface area contributed by atoms with Crippen LogP contribution in [-0.4, -0.2) is 35.1 Å². The van der Waals surface area contributed by atoms with Crippen molar-refractivity contribution in [2.75, 3.05) is 11.9 Å². The number of para-hydroxylation sites is 1. The Labute approximate surface area is 137 Å². The molecule has 0 saturated carbocycles. The molecule has 3 rings (SSSR count). The number of primary amides is 1. The predicted molar refractivity (Wildman–Crippen MR) is 85.4 cm³/mol. The largest absolute Gasteiger partial charge is 0.366 e. The van der Waals surface area contributed by atoms with E-state index in [1.54, 1.807) is 24.3 Å². The summed E-state index contributed by atoms with van der Waals surface area (Å²) in [7, 11) is 0. The van der Waals surface area contributed by atoms with E-state index in [0.29, 0.717) is 0 Å². The van der Waals surface area contributed by atoms with E-state index in [0.717, 1.165) is 4.90 Å². The second kappa shape index (κ2) is 5.96. The van der Waals surface area contributed by atoms with Crippen LogP contribution in [0.5, 0.6) is 0 Å². The highest BCUT2D eigenvalue weighted by Gasteiger charge is 2.36. The van der Waals surface area contributed by atoms with Gasteiger partial charge in [-0.3, -0.25) is 24.1 Å². The molecule has 0 aliphatic carbocycles. The molecule has 0 atom stereocenters. The van der Waals surface area contributed by atoms with Crippen LogP contribution in [0.4, 0.5) is 5.69 Å². The third-order valence-corrected chi connectivity index (χ3v) is 3.65. The zero-order valence-corrected chi connectivity index (χ0v) is 12.5. The van der Waals surface area contributed by atoms with E-state index in [1.165, 1.54) is 24.3 Å². The third-order valence-electron chi connectivity index (χ3n) is 3.65. The van der Waals surface area contributed by atoms with Gasteiger partial charge in [0.2, 0.25) is 5.91 Å². The summed E-state index contributed by atoms with van der Waals surface area (Å²) >= 11 is 0. The summed E-state index contributed by atoms with van der Waals surface area (Å²) in [6.45, 7) is -0.445. The fourth-order valence-electron chi connectivity index (χ4n) is 2.52. The van der Waals surface area contributed by atoms with Gasteiger partial charge in [-0.05, 0) is 24.3 Å². The van der Waals surface area contributed by atoms with Crippen molar-refractivity contribution in [1.29, 1.82) is 0 Å². The summed E-state index contributed by atoms with van der Waals surface area (Å²) in [6.07, 6.45) is 0. The van der Waals surface area contributed by atoms with Gasteiger partial charge in [-0.25, -0.2) is 0 Å². The van der Waals surface area contributed by atoms with Gasteiger partial charge in [-0.2, -0.15) is 0 Å². The molecule has 0 fully saturated rings. The van der Waals surface area contributed by atoms with Gasteiger partial charge < -0.3 is 11.1 Å². The molecule has 120 valence electrons. The van der Waals surface area contributed by atoms with Crippen molar-refractivity contribution in [1.82, 2.24) is 4.90 Å². The molecule has 4 amide bonds. The molecule has 1 aliphatic rings. The summed E-state index contributed by atoms with van der Waals surface area (Å²) < 4.78 is 0. The van der Waals surface area contributed by atoms with Crippen LogP contribution in [0.1, 0.15) is 31.1 Å². The lowest BCUT2D eigenvalue weighted by Gasteiger charge is -2.14. The highest BCUT2D eigenvalue weighted by molar-refractivity contribution is 6.22. The van der Waals surface area contributed by atoms with Crippen LogP contribution in [0, 0.1) is 0 Å². The van der Waals surface area contributed by atoms with Crippen LogP contribution in [0.15, 0.2) is 48.5 Å². The molecule has 0 saturated heterocycles. The summed E-state index contributed by atoms with van der Waals surface area (Å²) in [5.41, 5.74) is 6.16. The zero-order valence-electron chi connectivity index (χ0n) is 12.5. The number of imide groups is 1. The lowest BCUT2D eigenvalue weighted by Crippen LogP contribution is -2.37. The normalized spacial score (nSPS) is 12.9. The first-order valence-electron chi connectivity index (χ1n) is 7.13. The van der Waals surface area contributed by atoms with Crippen LogP contribution in [0.25, 0.3) is 0 Å². The number of nitrogens with zero attached hydrogens (tertiary/aromatic N) is 1. The molecule has 7 heteroatoms. The van der Waals surface area contributed by atoms with E-state index in [9.17, 15) is 19.2 Å². The second-order valence-corrected chi connectivity index (χ2v) is 5.20. The minimum atomic E-state index is -0.688. The Balaban J connectivity index is 1.77. The first-order chi connectivity index (χ1) is 11.5. The highest BCUT2D eigenvalue weighted by Crippen LogP contribution is 2.22. The van der Waals surface area contributed by atoms with Gasteiger partial charge >= 0.3 is 0 Å². The molecule has 0 unspecified atom stereocenters. The number of carbonyl (C=O) groups excluding carboxylic acids is 4. The van der Waals surface area contributed by atoms with Crippen molar-refractivity contribution >= 4 is 29.3 Å². The number of fused-ring (bicyclic) bond motifs is 1. The fourth-order valence-corrected chi connectivity index (χ4v) is 2.52. The van der Waals surface area contributed by atoms with Crippen LogP contribution >= 0.6 is 0 Å². The highest BCUT2D eigenvalue weighted by atomic mass is 16.2. The smallest absolute Gasteiger partial charge is 0.262 e. The van der Waals surface area contributed by atoms with Gasteiger partial charge in [0.15, 0.2) is 0 Å². The molecular formula is C17H13N3O4. The number of amides is 4. The van der Waals surface area contributed by atoms with Crippen LogP contribution in [-0.2, 0) is 4.79 Å². The summed E-state index contributed by atoms with van der Waals surface area (Å²) in [4.78, 5) is 48.8. The van der Waals surface area contributed by atoms with Crippen molar-refractivity contribution in [2.45, 2.75) is 0 Å². The molecule has 2 aromatic rings. The van der Waals surface area contributed by atoms with E-state index < -0.39 is 30.2 Å². The molecule has 3 N–H and O–H groups in total. The monoisotopic (exact) mass is 323 g/mol. The first kappa shape index (κ1) is 15.4. The minimum Gasteiger partial charge on any atom is -0.366 e. The topological polar surface area (TPSA) is 110 Å². The number of anilines is 1. The predicted octanol–water partition coefficient (Wildman–Crippen LogP) is 1.02. The second-order valence-electron chi connectivity index (χ2n) is 5.20. The van der Waals surface area contributed by atoms with Gasteiger partial charge in [0.25, 0.3) is 17.7 Å². The van der Waals surface area contributed by atoms with Crippen molar-refractivity contribution < 1.29 is 19.2 Å². The molecule has 0 spiro atoms. The number of hydrogen-bond acceptors (Lipinski definition) is 4. The van der Waals surface area contributed by atoms with Crippen LogP contribution < -0.4 is 11.1 Å². The van der Waals surface area contributed by atoms with E-state index in [2.05, 4.69) is 5.32 Å². The number of nitrogens with two attached hydrogens (primary N) is 1. The maximum Gasteiger partial charge on any atom is 0.262 e. The van der Waals surface area contributed by atoms with Gasteiger partial charge in [0.05, 0.1) is 22.4 Å². The number of hydrogen-bond donors (Lipinski definition) is 2. The van der Waals surface area contributed by atoms with Gasteiger partial charge in [0, 0.05) is 0 Å². The van der Waals surface area contributed by atoms with Gasteiger partial charge in [-0.15, -0.1) is 0 Å². The molecule has 24 heavy (non-hydrogen) atoms. The number of rotatable bonds is 4. The van der Waals surface area contributed by atoms with Crippen LogP contribution in [0.3, 0.4) is 0 Å². The standard InChI is InChI=1S/C17H13N3O4/c18-15(22)12-7-3-4-8-13(12)19-14(21)9-20-16(23)10-5-1-2-6-11(10)17(20)24/h1-8H,9H2,(H2,18,22)(H,19,21). The van der Waals surface area contributed by atoms with E-state index in [1.807, 2.05) is 0 Å². The molecule has 7 nitrogen and oxygen atoms in total. The minimum absolute atomic E-state index is 0.146. The molecule has 0 radical (unpaired) electrons. The zero-order chi connectivity index (χ0) is 17.3. The van der Waals surface area contributed by atoms with Crippen molar-refractivity contribution in [2.24, 2.45) is 5.73 Å². The Kier molecular flexibility index (Phi) is 3.83. The first-order valence-corrected chi connectivity index (χ1v) is 7.13. The maximum atomic E-state index is 12.2. The Morgan fingerprint density at radius 1 is 0.917 bits per heavy atom. The number of benzene rings is 2. The summed E-state index contributed by atoms with van der Waals surface area (Å²) in [5.74, 6) is -2.33. The summed E-state index contributed by atoms with van der Waals surface area (Å²) in [5, 5.41) is 2.50. The van der Waals surface area contributed by atoms with Crippen LogP contribution in [0.2, 0.25) is 0 Å². The molecule has 0 aromatic heterocycles. The Morgan fingerprint density at radius 3 is 2.04 bits per heavy atom. The third kappa shape index (κ3) is 2.63. The summed E-state index contributed by atoms with van der Waals surface area (Å²) in [6, 6.07) is 12.6. The van der Waals surface area contributed by atoms with E-state index >= 15 is 0 Å².